The summed E-state index contributed by atoms with van der Waals surface area (Å²) in [6.45, 7) is 1.59. The van der Waals surface area contributed by atoms with Crippen LogP contribution in [0.4, 0.5) is 0 Å². The number of Topliss-reactive ketones (excluding diaryl/α,β-unsaturated/α-hetero) is 1. The number of methoxy groups -OCH3 is 1. The van der Waals surface area contributed by atoms with Gasteiger partial charge >= 0.3 is 5.97 Å². The summed E-state index contributed by atoms with van der Waals surface area (Å²) >= 11 is 0. The third kappa shape index (κ3) is 2.82. The summed E-state index contributed by atoms with van der Waals surface area (Å²) in [6, 6.07) is 0. The number of hydrogen-bond donors (Lipinski definition) is 0. The molecule has 0 amide bonds. The van der Waals surface area contributed by atoms with Crippen LogP contribution in [0, 0.1) is 11.8 Å². The zero-order valence-electron chi connectivity index (χ0n) is 8.91. The number of hydrogen-bond acceptors (Lipinski definition) is 3. The van der Waals surface area contributed by atoms with Crippen LogP contribution in [0.25, 0.3) is 0 Å². The third-order valence-electron chi connectivity index (χ3n) is 2.96. The molecule has 2 atom stereocenters. The molecule has 0 heterocycles. The summed E-state index contributed by atoms with van der Waals surface area (Å²) in [5.41, 5.74) is 0. The highest BCUT2D eigenvalue weighted by atomic mass is 16.5. The zero-order chi connectivity index (χ0) is 10.6. The summed E-state index contributed by atoms with van der Waals surface area (Å²) in [5.74, 6) is 0.202. The van der Waals surface area contributed by atoms with Gasteiger partial charge in [0.15, 0.2) is 0 Å². The molecule has 14 heavy (non-hydrogen) atoms. The van der Waals surface area contributed by atoms with Crippen LogP contribution in [0.1, 0.15) is 39.0 Å². The van der Waals surface area contributed by atoms with Crippen molar-refractivity contribution in [2.75, 3.05) is 7.11 Å². The Kier molecular flexibility index (Phi) is 4.11. The Morgan fingerprint density at radius 2 is 1.93 bits per heavy atom. The molecule has 1 saturated carbocycles. The quantitative estimate of drug-likeness (QED) is 0.651. The van der Waals surface area contributed by atoms with Crippen LogP contribution in [-0.4, -0.2) is 18.9 Å². The molecular formula is C11H18O3. The van der Waals surface area contributed by atoms with Crippen molar-refractivity contribution in [3.05, 3.63) is 0 Å². The van der Waals surface area contributed by atoms with E-state index in [2.05, 4.69) is 0 Å². The van der Waals surface area contributed by atoms with Gasteiger partial charge in [-0.1, -0.05) is 12.8 Å². The van der Waals surface area contributed by atoms with E-state index in [1.165, 1.54) is 7.11 Å². The summed E-state index contributed by atoms with van der Waals surface area (Å²) < 4.78 is 4.75. The minimum atomic E-state index is -0.143. The average Bonchev–Trinajstić information content (AvgIpc) is 2.16. The summed E-state index contributed by atoms with van der Waals surface area (Å²) in [4.78, 5) is 22.4. The first kappa shape index (κ1) is 11.2. The smallest absolute Gasteiger partial charge is 0.308 e. The molecule has 0 bridgehead atoms. The van der Waals surface area contributed by atoms with E-state index in [-0.39, 0.29) is 23.6 Å². The topological polar surface area (TPSA) is 43.4 Å². The van der Waals surface area contributed by atoms with Gasteiger partial charge in [-0.05, 0) is 25.7 Å². The molecule has 0 unspecified atom stereocenters. The summed E-state index contributed by atoms with van der Waals surface area (Å²) in [7, 11) is 1.42. The number of carbonyl (C=O) groups excluding carboxylic acids is 2. The Labute approximate surface area is 84.8 Å². The van der Waals surface area contributed by atoms with Crippen molar-refractivity contribution in [2.45, 2.75) is 39.0 Å². The van der Waals surface area contributed by atoms with Gasteiger partial charge in [0.1, 0.15) is 5.78 Å². The van der Waals surface area contributed by atoms with E-state index in [0.29, 0.717) is 6.42 Å². The second kappa shape index (κ2) is 5.13. The van der Waals surface area contributed by atoms with Crippen LogP contribution in [-0.2, 0) is 14.3 Å². The van der Waals surface area contributed by atoms with E-state index in [1.54, 1.807) is 6.92 Å². The highest BCUT2D eigenvalue weighted by Gasteiger charge is 2.32. The number of ether oxygens (including phenoxy) is 1. The molecular weight excluding hydrogens is 180 g/mol. The lowest BCUT2D eigenvalue weighted by Gasteiger charge is -2.28. The molecule has 0 spiro atoms. The van der Waals surface area contributed by atoms with Crippen LogP contribution < -0.4 is 0 Å². The van der Waals surface area contributed by atoms with Gasteiger partial charge in [-0.3, -0.25) is 4.79 Å². The van der Waals surface area contributed by atoms with E-state index >= 15 is 0 Å². The molecule has 0 saturated heterocycles. The first-order chi connectivity index (χ1) is 6.65. The Morgan fingerprint density at radius 1 is 1.29 bits per heavy atom. The maximum Gasteiger partial charge on any atom is 0.308 e. The fourth-order valence-electron chi connectivity index (χ4n) is 2.28. The minimum Gasteiger partial charge on any atom is -0.469 e. The van der Waals surface area contributed by atoms with Crippen LogP contribution >= 0.6 is 0 Å². The second-order valence-electron chi connectivity index (χ2n) is 4.08. The SMILES string of the molecule is COC(=O)[C@@H]1CCCC[C@H]1CC(C)=O. The van der Waals surface area contributed by atoms with Gasteiger partial charge in [0, 0.05) is 6.42 Å². The zero-order valence-corrected chi connectivity index (χ0v) is 8.91. The maximum absolute atomic E-state index is 11.4. The maximum atomic E-state index is 11.4. The van der Waals surface area contributed by atoms with E-state index in [0.717, 1.165) is 25.7 Å². The van der Waals surface area contributed by atoms with Crippen molar-refractivity contribution in [1.82, 2.24) is 0 Å². The molecule has 3 heteroatoms. The highest BCUT2D eigenvalue weighted by molar-refractivity contribution is 5.78. The molecule has 0 aliphatic heterocycles. The highest BCUT2D eigenvalue weighted by Crippen LogP contribution is 2.33. The van der Waals surface area contributed by atoms with Crippen LogP contribution in [0.15, 0.2) is 0 Å². The normalized spacial score (nSPS) is 27.0. The van der Waals surface area contributed by atoms with Gasteiger partial charge in [-0.25, -0.2) is 0 Å². The van der Waals surface area contributed by atoms with Crippen LogP contribution in [0.5, 0.6) is 0 Å². The van der Waals surface area contributed by atoms with Crippen molar-refractivity contribution < 1.29 is 14.3 Å². The number of carbonyl (C=O) groups is 2. The van der Waals surface area contributed by atoms with Gasteiger partial charge in [0.2, 0.25) is 0 Å². The molecule has 0 radical (unpaired) electrons. The predicted molar refractivity (Wildman–Crippen MR) is 52.8 cm³/mol. The molecule has 0 aromatic heterocycles. The minimum absolute atomic E-state index is 0.0438. The third-order valence-corrected chi connectivity index (χ3v) is 2.96. The molecule has 1 aliphatic carbocycles. The molecule has 1 fully saturated rings. The predicted octanol–water partition coefficient (Wildman–Crippen LogP) is 1.94. The molecule has 1 rings (SSSR count). The molecule has 3 nitrogen and oxygen atoms in total. The van der Waals surface area contributed by atoms with Crippen molar-refractivity contribution >= 4 is 11.8 Å². The second-order valence-corrected chi connectivity index (χ2v) is 4.08. The number of rotatable bonds is 3. The van der Waals surface area contributed by atoms with Gasteiger partial charge in [0.25, 0.3) is 0 Å². The van der Waals surface area contributed by atoms with Crippen molar-refractivity contribution in [2.24, 2.45) is 11.8 Å². The largest absolute Gasteiger partial charge is 0.469 e. The summed E-state index contributed by atoms with van der Waals surface area (Å²) in [6.07, 6.45) is 4.60. The lowest BCUT2D eigenvalue weighted by Crippen LogP contribution is -2.29. The number of ketones is 1. The fourth-order valence-corrected chi connectivity index (χ4v) is 2.28. The molecule has 0 N–H and O–H groups in total. The van der Waals surface area contributed by atoms with Gasteiger partial charge in [-0.2, -0.15) is 0 Å². The molecule has 0 aromatic rings. The Morgan fingerprint density at radius 3 is 2.50 bits per heavy atom. The van der Waals surface area contributed by atoms with Gasteiger partial charge in [-0.15, -0.1) is 0 Å². The van der Waals surface area contributed by atoms with E-state index in [9.17, 15) is 9.59 Å². The van der Waals surface area contributed by atoms with E-state index < -0.39 is 0 Å². The average molecular weight is 198 g/mol. The number of esters is 1. The first-order valence-corrected chi connectivity index (χ1v) is 5.22. The van der Waals surface area contributed by atoms with Crippen molar-refractivity contribution in [3.63, 3.8) is 0 Å². The van der Waals surface area contributed by atoms with Gasteiger partial charge < -0.3 is 9.53 Å². The van der Waals surface area contributed by atoms with E-state index in [4.69, 9.17) is 4.74 Å². The lowest BCUT2D eigenvalue weighted by molar-refractivity contribution is -0.149. The van der Waals surface area contributed by atoms with Crippen LogP contribution in [0.3, 0.4) is 0 Å². The monoisotopic (exact) mass is 198 g/mol. The van der Waals surface area contributed by atoms with Crippen molar-refractivity contribution in [3.8, 4) is 0 Å². The van der Waals surface area contributed by atoms with Gasteiger partial charge in [0.05, 0.1) is 13.0 Å². The fraction of sp³-hybridized carbons (Fsp3) is 0.818. The van der Waals surface area contributed by atoms with Crippen LogP contribution in [0.2, 0.25) is 0 Å². The van der Waals surface area contributed by atoms with E-state index in [1.807, 2.05) is 0 Å². The van der Waals surface area contributed by atoms with Crippen molar-refractivity contribution in [1.29, 1.82) is 0 Å². The standard InChI is InChI=1S/C11H18O3/c1-8(12)7-9-5-3-4-6-10(9)11(13)14-2/h9-10H,3-7H2,1-2H3/t9-,10+/m0/s1. The Bertz CT molecular complexity index is 223. The lowest BCUT2D eigenvalue weighted by atomic mass is 9.77. The Hall–Kier alpha value is -0.860. The first-order valence-electron chi connectivity index (χ1n) is 5.22. The molecule has 1 aliphatic rings. The Balaban J connectivity index is 2.58. The molecule has 80 valence electrons. The summed E-state index contributed by atoms with van der Waals surface area (Å²) in [5, 5.41) is 0. The molecule has 0 aromatic carbocycles.